The number of hydrogen-bond donors (Lipinski definition) is 0. The molecule has 0 atom stereocenters. The number of nitrogens with zero attached hydrogens (tertiary/aromatic N) is 4. The lowest BCUT2D eigenvalue weighted by Gasteiger charge is -2.08. The van der Waals surface area contributed by atoms with Crippen LogP contribution in [0.25, 0.3) is 33.4 Å². The lowest BCUT2D eigenvalue weighted by Crippen LogP contribution is -1.94. The van der Waals surface area contributed by atoms with E-state index in [2.05, 4.69) is 20.3 Å². The van der Waals surface area contributed by atoms with Gasteiger partial charge in [0.25, 0.3) is 0 Å². The van der Waals surface area contributed by atoms with E-state index in [1.165, 1.54) is 23.9 Å². The molecule has 0 spiro atoms. The quantitative estimate of drug-likeness (QED) is 0.307. The molecule has 0 aliphatic rings. The highest BCUT2D eigenvalue weighted by molar-refractivity contribution is 7.98. The molecule has 0 amide bonds. The second-order valence-corrected chi connectivity index (χ2v) is 7.87. The van der Waals surface area contributed by atoms with Gasteiger partial charge in [-0.3, -0.25) is 0 Å². The molecule has 0 fully saturated rings. The fraction of sp³-hybridized carbons (Fsp3) is 0.0833. The molecule has 0 radical (unpaired) electrons. The summed E-state index contributed by atoms with van der Waals surface area (Å²) in [5, 5.41) is 15.6. The van der Waals surface area contributed by atoms with Crippen LogP contribution in [-0.2, 0) is 5.75 Å². The molecule has 0 aliphatic heterocycles. The molecule has 0 aliphatic carbocycles. The molecule has 3 aromatic carbocycles. The minimum Gasteiger partial charge on any atom is -0.496 e. The van der Waals surface area contributed by atoms with Crippen LogP contribution in [0.1, 0.15) is 5.89 Å². The van der Waals surface area contributed by atoms with Crippen LogP contribution in [0.15, 0.2) is 82.3 Å². The van der Waals surface area contributed by atoms with Gasteiger partial charge < -0.3 is 9.26 Å². The lowest BCUT2D eigenvalue weighted by molar-refractivity contribution is 0.390. The van der Waals surface area contributed by atoms with Crippen LogP contribution in [0.4, 0.5) is 4.39 Å². The SMILES string of the molecule is COc1ccccc1-c1noc(CSc2nnc(-c3ccc(F)cc3)c3ccccc23)n1. The summed E-state index contributed by atoms with van der Waals surface area (Å²) in [6.07, 6.45) is 0. The predicted octanol–water partition coefficient (Wildman–Crippen LogP) is 5.79. The van der Waals surface area contributed by atoms with Gasteiger partial charge in [0.1, 0.15) is 22.3 Å². The zero-order valence-electron chi connectivity index (χ0n) is 17.0. The lowest BCUT2D eigenvalue weighted by atomic mass is 10.1. The molecule has 158 valence electrons. The zero-order chi connectivity index (χ0) is 21.9. The van der Waals surface area contributed by atoms with Gasteiger partial charge in [-0.1, -0.05) is 53.3 Å². The molecule has 8 heteroatoms. The molecule has 0 N–H and O–H groups in total. The Kier molecular flexibility index (Phi) is 5.51. The molecule has 0 saturated carbocycles. The van der Waals surface area contributed by atoms with Crippen molar-refractivity contribution in [1.29, 1.82) is 0 Å². The van der Waals surface area contributed by atoms with Crippen molar-refractivity contribution in [3.8, 4) is 28.4 Å². The minimum atomic E-state index is -0.287. The molecular formula is C24H17FN4O2S. The molecule has 32 heavy (non-hydrogen) atoms. The van der Waals surface area contributed by atoms with E-state index in [-0.39, 0.29) is 5.82 Å². The topological polar surface area (TPSA) is 73.9 Å². The summed E-state index contributed by atoms with van der Waals surface area (Å²) >= 11 is 1.47. The Morgan fingerprint density at radius 1 is 0.906 bits per heavy atom. The van der Waals surface area contributed by atoms with Gasteiger partial charge in [-0.05, 0) is 36.4 Å². The minimum absolute atomic E-state index is 0.287. The Bertz CT molecular complexity index is 1390. The molecule has 0 unspecified atom stereocenters. The summed E-state index contributed by atoms with van der Waals surface area (Å²) in [5.41, 5.74) is 2.29. The second-order valence-electron chi connectivity index (χ2n) is 6.91. The van der Waals surface area contributed by atoms with Crippen LogP contribution in [-0.4, -0.2) is 27.4 Å². The third-order valence-corrected chi connectivity index (χ3v) is 5.89. The van der Waals surface area contributed by atoms with Gasteiger partial charge >= 0.3 is 0 Å². The van der Waals surface area contributed by atoms with Crippen molar-refractivity contribution in [2.75, 3.05) is 7.11 Å². The van der Waals surface area contributed by atoms with E-state index in [1.807, 2.05) is 48.5 Å². The number of methoxy groups -OCH3 is 1. The Morgan fingerprint density at radius 2 is 1.66 bits per heavy atom. The van der Waals surface area contributed by atoms with Gasteiger partial charge in [-0.15, -0.1) is 10.2 Å². The standard InChI is InChI=1S/C24H17FN4O2S/c1-30-20-9-5-4-8-19(20)23-26-21(31-29-23)14-32-24-18-7-3-2-6-17(18)22(27-28-24)15-10-12-16(25)13-11-15/h2-13H,14H2,1H3. The number of aromatic nitrogens is 4. The average molecular weight is 444 g/mol. The molecule has 2 aromatic heterocycles. The molecule has 0 saturated heterocycles. The smallest absolute Gasteiger partial charge is 0.237 e. The Morgan fingerprint density at radius 3 is 2.47 bits per heavy atom. The van der Waals surface area contributed by atoms with E-state index in [9.17, 15) is 4.39 Å². The molecule has 6 nitrogen and oxygen atoms in total. The van der Waals surface area contributed by atoms with Crippen molar-refractivity contribution in [3.63, 3.8) is 0 Å². The van der Waals surface area contributed by atoms with E-state index in [4.69, 9.17) is 9.26 Å². The van der Waals surface area contributed by atoms with E-state index < -0.39 is 0 Å². The second kappa shape index (κ2) is 8.76. The monoisotopic (exact) mass is 444 g/mol. The van der Waals surface area contributed by atoms with E-state index in [0.717, 1.165) is 26.9 Å². The van der Waals surface area contributed by atoms with Gasteiger partial charge in [0.05, 0.1) is 18.4 Å². The van der Waals surface area contributed by atoms with E-state index >= 15 is 0 Å². The van der Waals surface area contributed by atoms with Gasteiger partial charge in [0.2, 0.25) is 11.7 Å². The van der Waals surface area contributed by atoms with Gasteiger partial charge in [0.15, 0.2) is 0 Å². The van der Waals surface area contributed by atoms with Crippen molar-refractivity contribution in [2.24, 2.45) is 0 Å². The van der Waals surface area contributed by atoms with Gasteiger partial charge in [-0.25, -0.2) is 4.39 Å². The fourth-order valence-electron chi connectivity index (χ4n) is 3.39. The highest BCUT2D eigenvalue weighted by Gasteiger charge is 2.15. The van der Waals surface area contributed by atoms with Crippen molar-refractivity contribution in [2.45, 2.75) is 10.8 Å². The first-order chi connectivity index (χ1) is 15.7. The first kappa shape index (κ1) is 20.1. The molecular weight excluding hydrogens is 427 g/mol. The maximum absolute atomic E-state index is 13.3. The van der Waals surface area contributed by atoms with Crippen molar-refractivity contribution >= 4 is 22.5 Å². The summed E-state index contributed by atoms with van der Waals surface area (Å²) in [6, 6.07) is 21.6. The Hall–Kier alpha value is -3.78. The van der Waals surface area contributed by atoms with Crippen LogP contribution in [0, 0.1) is 5.82 Å². The van der Waals surface area contributed by atoms with Crippen LogP contribution in [0.5, 0.6) is 5.75 Å². The maximum atomic E-state index is 13.3. The van der Waals surface area contributed by atoms with E-state index in [0.29, 0.717) is 28.9 Å². The normalized spacial score (nSPS) is 11.1. The fourth-order valence-corrected chi connectivity index (χ4v) is 4.20. The summed E-state index contributed by atoms with van der Waals surface area (Å²) in [4.78, 5) is 4.50. The number of thioether (sulfide) groups is 1. The van der Waals surface area contributed by atoms with Crippen LogP contribution in [0.2, 0.25) is 0 Å². The summed E-state index contributed by atoms with van der Waals surface area (Å²) in [7, 11) is 1.61. The van der Waals surface area contributed by atoms with Gasteiger partial charge in [0, 0.05) is 16.3 Å². The number of fused-ring (bicyclic) bond motifs is 1. The molecule has 5 rings (SSSR count). The van der Waals surface area contributed by atoms with E-state index in [1.54, 1.807) is 19.2 Å². The molecule has 2 heterocycles. The van der Waals surface area contributed by atoms with Crippen LogP contribution >= 0.6 is 11.8 Å². The highest BCUT2D eigenvalue weighted by Crippen LogP contribution is 2.33. The number of benzene rings is 3. The molecule has 5 aromatic rings. The van der Waals surface area contributed by atoms with Crippen molar-refractivity contribution in [1.82, 2.24) is 20.3 Å². The van der Waals surface area contributed by atoms with Gasteiger partial charge in [-0.2, -0.15) is 4.98 Å². The largest absolute Gasteiger partial charge is 0.496 e. The third kappa shape index (κ3) is 3.92. The number of para-hydroxylation sites is 1. The summed E-state index contributed by atoms with van der Waals surface area (Å²) < 4.78 is 24.1. The number of ether oxygens (including phenoxy) is 1. The maximum Gasteiger partial charge on any atom is 0.237 e. The number of hydrogen-bond acceptors (Lipinski definition) is 7. The summed E-state index contributed by atoms with van der Waals surface area (Å²) in [5.74, 6) is 1.78. The average Bonchev–Trinajstić information content (AvgIpc) is 3.32. The highest BCUT2D eigenvalue weighted by atomic mass is 32.2. The Labute approximate surface area is 187 Å². The van der Waals surface area contributed by atoms with Crippen LogP contribution < -0.4 is 4.74 Å². The first-order valence-electron chi connectivity index (χ1n) is 9.83. The number of halogens is 1. The third-order valence-electron chi connectivity index (χ3n) is 4.92. The van der Waals surface area contributed by atoms with Crippen molar-refractivity contribution < 1.29 is 13.7 Å². The summed E-state index contributed by atoms with van der Waals surface area (Å²) in [6.45, 7) is 0. The van der Waals surface area contributed by atoms with Crippen LogP contribution in [0.3, 0.4) is 0 Å². The first-order valence-corrected chi connectivity index (χ1v) is 10.8. The van der Waals surface area contributed by atoms with Crippen molar-refractivity contribution in [3.05, 3.63) is 84.5 Å². The molecule has 0 bridgehead atoms. The predicted molar refractivity (Wildman–Crippen MR) is 121 cm³/mol. The zero-order valence-corrected chi connectivity index (χ0v) is 17.8. The number of rotatable bonds is 6. The Balaban J connectivity index is 1.42.